The number of hydrogen-bond donors (Lipinski definition) is 9. The largest absolute Gasteiger partial charge is 0.397 e. The van der Waals surface area contributed by atoms with Gasteiger partial charge >= 0.3 is 0 Å². The van der Waals surface area contributed by atoms with Gasteiger partial charge in [0, 0.05) is 46.8 Å². The number of fused-ring (bicyclic) bond motifs is 1. The number of carbonyl (C=O) groups excluding carboxylic acids is 1. The summed E-state index contributed by atoms with van der Waals surface area (Å²) < 4.78 is 1.74. The first kappa shape index (κ1) is 41.0. The lowest BCUT2D eigenvalue weighted by Crippen LogP contribution is -2.26. The van der Waals surface area contributed by atoms with Crippen LogP contribution < -0.4 is 32.8 Å². The van der Waals surface area contributed by atoms with Gasteiger partial charge in [0.05, 0.1) is 58.4 Å². The summed E-state index contributed by atoms with van der Waals surface area (Å²) in [6, 6.07) is 21.3. The molecule has 17 heteroatoms. The van der Waals surface area contributed by atoms with Gasteiger partial charge in [-0.25, -0.2) is 4.98 Å². The van der Waals surface area contributed by atoms with Crippen molar-refractivity contribution in [1.82, 2.24) is 29.9 Å². The van der Waals surface area contributed by atoms with Crippen LogP contribution in [0.3, 0.4) is 0 Å². The number of halogens is 2. The zero-order valence-corrected chi connectivity index (χ0v) is 31.9. The van der Waals surface area contributed by atoms with E-state index < -0.39 is 23.7 Å². The lowest BCUT2D eigenvalue weighted by atomic mass is 10.1. The van der Waals surface area contributed by atoms with Crippen LogP contribution in [0.5, 0.6) is 0 Å². The molecule has 1 amide bonds. The van der Waals surface area contributed by atoms with Crippen molar-refractivity contribution < 1.29 is 15.0 Å². The topological polar surface area (TPSA) is 240 Å². The molecule has 2 atom stereocenters. The predicted octanol–water partition coefficient (Wildman–Crippen LogP) is 6.37. The first-order valence-electron chi connectivity index (χ1n) is 16.7. The Kier molecular flexibility index (Phi) is 13.9. The number of pyridine rings is 4. The molecule has 0 radical (unpaired) electrons. The van der Waals surface area contributed by atoms with Crippen LogP contribution in [0.15, 0.2) is 129 Å². The van der Waals surface area contributed by atoms with Crippen LogP contribution in [0.25, 0.3) is 22.4 Å². The second-order valence-corrected chi connectivity index (χ2v) is 13.8. The highest BCUT2D eigenvalue weighted by Gasteiger charge is 2.19. The number of anilines is 4. The van der Waals surface area contributed by atoms with Gasteiger partial charge in [0.15, 0.2) is 0 Å². The van der Waals surface area contributed by atoms with E-state index in [1.54, 1.807) is 55.0 Å². The Morgan fingerprint density at radius 1 is 0.768 bits per heavy atom. The van der Waals surface area contributed by atoms with Crippen molar-refractivity contribution in [2.45, 2.75) is 19.6 Å². The summed E-state index contributed by atoms with van der Waals surface area (Å²) in [4.78, 5) is 58.0. The molecule has 2 aromatic carbocycles. The number of imidazole rings is 1. The highest BCUT2D eigenvalue weighted by Crippen LogP contribution is 2.26. The Hall–Kier alpha value is -6.14. The van der Waals surface area contributed by atoms with Crippen molar-refractivity contribution in [2.75, 3.05) is 34.8 Å². The molecule has 7 aromatic rings. The van der Waals surface area contributed by atoms with Gasteiger partial charge in [-0.05, 0) is 59.7 Å². The molecule has 0 aliphatic carbocycles. The average Bonchev–Trinajstić information content (AvgIpc) is 3.61. The summed E-state index contributed by atoms with van der Waals surface area (Å²) in [5.74, 6) is -0.194. The number of nitrogens with two attached hydrogens (primary N) is 1. The van der Waals surface area contributed by atoms with E-state index in [0.29, 0.717) is 34.0 Å². The SMILES string of the molecule is C.Nc1ccncc1NC(=O)c1c(NCC(O)c2cccc(Br)c2)cc[nH]c1=O.O=c1[nH]ccc(NCC(O)c2cccc(Br)c2)c1-c1nc2ccncc2[nH]1. The number of aliphatic hydroxyl groups excluding tert-OH is 2. The molecule has 0 bridgehead atoms. The van der Waals surface area contributed by atoms with Gasteiger partial charge in [0.2, 0.25) is 0 Å². The molecule has 10 N–H and O–H groups in total. The zero-order chi connectivity index (χ0) is 38.9. The summed E-state index contributed by atoms with van der Waals surface area (Å²) in [5, 5.41) is 29.5. The average molecular weight is 887 g/mol. The Labute approximate surface area is 337 Å². The van der Waals surface area contributed by atoms with Crippen LogP contribution in [0.4, 0.5) is 22.7 Å². The summed E-state index contributed by atoms with van der Waals surface area (Å²) in [5.41, 5.74) is 9.68. The van der Waals surface area contributed by atoms with E-state index in [-0.39, 0.29) is 37.3 Å². The molecule has 0 aliphatic rings. The summed E-state index contributed by atoms with van der Waals surface area (Å²) in [6.45, 7) is 0.351. The Balaban J connectivity index is 0.000000211. The van der Waals surface area contributed by atoms with Crippen molar-refractivity contribution >= 4 is 71.6 Å². The van der Waals surface area contributed by atoms with E-state index in [4.69, 9.17) is 5.73 Å². The summed E-state index contributed by atoms with van der Waals surface area (Å²) >= 11 is 6.76. The molecule has 7 rings (SSSR count). The fourth-order valence-electron chi connectivity index (χ4n) is 5.46. The minimum absolute atomic E-state index is 0. The molecule has 0 fully saturated rings. The first-order chi connectivity index (χ1) is 26.6. The number of aromatic amines is 3. The number of nitrogen functional groups attached to an aromatic ring is 1. The number of hydrogen-bond acceptors (Lipinski definition) is 11. The smallest absolute Gasteiger partial charge is 0.263 e. The fourth-order valence-corrected chi connectivity index (χ4v) is 6.29. The van der Waals surface area contributed by atoms with Gasteiger partial charge < -0.3 is 46.8 Å². The highest BCUT2D eigenvalue weighted by atomic mass is 79.9. The molecule has 56 heavy (non-hydrogen) atoms. The van der Waals surface area contributed by atoms with Gasteiger partial charge in [0.1, 0.15) is 17.0 Å². The molecule has 288 valence electrons. The molecule has 5 aromatic heterocycles. The van der Waals surface area contributed by atoms with Gasteiger partial charge in [-0.15, -0.1) is 0 Å². The van der Waals surface area contributed by atoms with Crippen LogP contribution in [0, 0.1) is 0 Å². The van der Waals surface area contributed by atoms with Gasteiger partial charge in [0.25, 0.3) is 17.0 Å². The van der Waals surface area contributed by atoms with Crippen molar-refractivity contribution in [2.24, 2.45) is 0 Å². The van der Waals surface area contributed by atoms with Crippen LogP contribution in [0.2, 0.25) is 0 Å². The monoisotopic (exact) mass is 884 g/mol. The third-order valence-electron chi connectivity index (χ3n) is 8.21. The molecule has 15 nitrogen and oxygen atoms in total. The molecule has 0 saturated heterocycles. The predicted molar refractivity (Wildman–Crippen MR) is 226 cm³/mol. The number of aromatic nitrogens is 6. The van der Waals surface area contributed by atoms with Gasteiger partial charge in [-0.3, -0.25) is 24.4 Å². The van der Waals surface area contributed by atoms with E-state index in [1.165, 1.54) is 18.6 Å². The maximum atomic E-state index is 12.6. The fraction of sp³-hybridized carbons (Fsp3) is 0.128. The number of nitrogens with one attached hydrogen (secondary N) is 6. The second kappa shape index (κ2) is 18.9. The van der Waals surface area contributed by atoms with Gasteiger partial charge in [-0.1, -0.05) is 63.6 Å². The quantitative estimate of drug-likeness (QED) is 0.0692. The second-order valence-electron chi connectivity index (χ2n) is 12.0. The van der Waals surface area contributed by atoms with E-state index in [0.717, 1.165) is 25.5 Å². The number of amides is 1. The normalized spacial score (nSPS) is 11.7. The minimum Gasteiger partial charge on any atom is -0.397 e. The maximum absolute atomic E-state index is 12.6. The molecular formula is C39H38Br2N10O5. The standard InChI is InChI=1S/C19H18BrN5O3.C19H16BrN5O2.CH4/c20-12-3-1-2-11(8-12)16(26)10-24-14-5-7-23-18(27)17(14)19(28)25-15-9-22-6-4-13(15)21;20-12-3-1-2-11(8-12)16(26)10-23-14-5-7-22-19(27)17(14)18-24-13-4-6-21-9-15(13)25-18;/h1-9,16,26H,10H2,(H2,21,22)(H,25,28)(H2,23,24,27);1-9,16,26H,10H2,(H,24,25)(H2,22,23,27);1H4. The van der Waals surface area contributed by atoms with E-state index in [1.807, 2.05) is 36.4 Å². The van der Waals surface area contributed by atoms with Crippen molar-refractivity contribution in [1.29, 1.82) is 0 Å². The number of nitrogens with zero attached hydrogens (tertiary/aromatic N) is 3. The van der Waals surface area contributed by atoms with Crippen molar-refractivity contribution in [3.05, 3.63) is 156 Å². The molecule has 0 aliphatic heterocycles. The van der Waals surface area contributed by atoms with Crippen LogP contribution in [-0.4, -0.2) is 59.1 Å². The zero-order valence-electron chi connectivity index (χ0n) is 28.8. The Bertz CT molecular complexity index is 2530. The molecule has 5 heterocycles. The number of carbonyl (C=O) groups is 1. The first-order valence-corrected chi connectivity index (χ1v) is 18.2. The van der Waals surface area contributed by atoms with Crippen LogP contribution >= 0.6 is 31.9 Å². The third-order valence-corrected chi connectivity index (χ3v) is 9.20. The minimum atomic E-state index is -0.832. The van der Waals surface area contributed by atoms with E-state index in [9.17, 15) is 24.6 Å². The van der Waals surface area contributed by atoms with E-state index in [2.05, 4.69) is 77.7 Å². The maximum Gasteiger partial charge on any atom is 0.263 e. The molecule has 0 spiro atoms. The number of benzene rings is 2. The van der Waals surface area contributed by atoms with Crippen LogP contribution in [-0.2, 0) is 0 Å². The lowest BCUT2D eigenvalue weighted by molar-refractivity contribution is 0.102. The highest BCUT2D eigenvalue weighted by molar-refractivity contribution is 9.10. The summed E-state index contributed by atoms with van der Waals surface area (Å²) in [7, 11) is 0. The number of rotatable bonds is 11. The molecule has 2 unspecified atom stereocenters. The Morgan fingerprint density at radius 2 is 1.36 bits per heavy atom. The molecule has 0 saturated carbocycles. The van der Waals surface area contributed by atoms with Crippen molar-refractivity contribution in [3.8, 4) is 11.4 Å². The molecular weight excluding hydrogens is 848 g/mol. The van der Waals surface area contributed by atoms with Gasteiger partial charge in [-0.2, -0.15) is 0 Å². The summed E-state index contributed by atoms with van der Waals surface area (Å²) in [6.07, 6.45) is 7.62. The Morgan fingerprint density at radius 3 is 1.98 bits per heavy atom. The van der Waals surface area contributed by atoms with E-state index >= 15 is 0 Å². The lowest BCUT2D eigenvalue weighted by Gasteiger charge is -2.16. The van der Waals surface area contributed by atoms with Crippen LogP contribution in [0.1, 0.15) is 41.1 Å². The third kappa shape index (κ3) is 10.1. The number of H-pyrrole nitrogens is 3. The van der Waals surface area contributed by atoms with Crippen molar-refractivity contribution in [3.63, 3.8) is 0 Å². The number of aliphatic hydroxyl groups is 2.